The van der Waals surface area contributed by atoms with Crippen LogP contribution in [-0.4, -0.2) is 35.6 Å². The molecular weight excluding hydrogens is 294 g/mol. The third-order valence-electron chi connectivity index (χ3n) is 4.12. The van der Waals surface area contributed by atoms with E-state index in [0.29, 0.717) is 25.2 Å². The largest absolute Gasteiger partial charge is 0.481 e. The zero-order valence-corrected chi connectivity index (χ0v) is 13.1. The second-order valence-electron chi connectivity index (χ2n) is 5.65. The number of nitrogens with one attached hydrogen (secondary N) is 1. The number of aryl methyl sites for hydroxylation is 2. The van der Waals surface area contributed by atoms with Crippen molar-refractivity contribution in [3.63, 3.8) is 0 Å². The van der Waals surface area contributed by atoms with E-state index in [4.69, 9.17) is 5.11 Å². The van der Waals surface area contributed by atoms with Gasteiger partial charge in [0.05, 0.1) is 5.92 Å². The minimum atomic E-state index is -3.59. The van der Waals surface area contributed by atoms with Gasteiger partial charge in [0.2, 0.25) is 0 Å². The molecule has 1 aliphatic carbocycles. The minimum absolute atomic E-state index is 0.0294. The van der Waals surface area contributed by atoms with E-state index in [9.17, 15) is 13.2 Å². The third-order valence-corrected chi connectivity index (χ3v) is 5.41. The lowest BCUT2D eigenvalue weighted by atomic mass is 9.82. The van der Waals surface area contributed by atoms with Crippen LogP contribution >= 0.6 is 0 Å². The number of aromatic nitrogens is 2. The zero-order valence-electron chi connectivity index (χ0n) is 12.2. The number of aliphatic carboxylic acids is 1. The predicted molar refractivity (Wildman–Crippen MR) is 76.2 cm³/mol. The molecule has 2 N–H and O–H groups in total. The number of carboxylic acids is 1. The molecule has 1 aliphatic rings. The normalized spacial score (nSPS) is 23.1. The standard InChI is InChI=1S/C13H21N3O4S/c1-9-15-12(8-16(9)2)21(19,20)14-7-10-3-5-11(6-4-10)13(17)18/h8,10-11,14H,3-7H2,1-2H3,(H,17,18). The van der Waals surface area contributed by atoms with Crippen LogP contribution in [0.1, 0.15) is 31.5 Å². The number of imidazole rings is 1. The van der Waals surface area contributed by atoms with Crippen molar-refractivity contribution in [3.05, 3.63) is 12.0 Å². The SMILES string of the molecule is Cc1nc(S(=O)(=O)NCC2CCC(C(=O)O)CC2)cn1C. The molecular formula is C13H21N3O4S. The molecule has 0 atom stereocenters. The van der Waals surface area contributed by atoms with Crippen molar-refractivity contribution in [2.45, 2.75) is 37.6 Å². The fourth-order valence-corrected chi connectivity index (χ4v) is 3.72. The van der Waals surface area contributed by atoms with Crippen molar-refractivity contribution in [3.8, 4) is 0 Å². The van der Waals surface area contributed by atoms with Crippen molar-refractivity contribution in [1.82, 2.24) is 14.3 Å². The van der Waals surface area contributed by atoms with E-state index in [1.165, 1.54) is 6.20 Å². The summed E-state index contributed by atoms with van der Waals surface area (Å²) < 4.78 is 28.5. The number of nitrogens with zero attached hydrogens (tertiary/aromatic N) is 2. The van der Waals surface area contributed by atoms with Gasteiger partial charge in [-0.15, -0.1) is 0 Å². The van der Waals surface area contributed by atoms with Gasteiger partial charge in [0.15, 0.2) is 5.03 Å². The highest BCUT2D eigenvalue weighted by Crippen LogP contribution is 2.28. The minimum Gasteiger partial charge on any atom is -0.481 e. The Morgan fingerprint density at radius 3 is 2.52 bits per heavy atom. The van der Waals surface area contributed by atoms with Gasteiger partial charge in [0.25, 0.3) is 10.0 Å². The lowest BCUT2D eigenvalue weighted by Gasteiger charge is -2.25. The van der Waals surface area contributed by atoms with E-state index in [0.717, 1.165) is 12.8 Å². The summed E-state index contributed by atoms with van der Waals surface area (Å²) in [6.45, 7) is 2.08. The predicted octanol–water partition coefficient (Wildman–Crippen LogP) is 0.898. The molecule has 21 heavy (non-hydrogen) atoms. The summed E-state index contributed by atoms with van der Waals surface area (Å²) in [5.41, 5.74) is 0. The first-order valence-electron chi connectivity index (χ1n) is 7.02. The van der Waals surface area contributed by atoms with Crippen molar-refractivity contribution >= 4 is 16.0 Å². The van der Waals surface area contributed by atoms with Gasteiger partial charge in [0.1, 0.15) is 5.82 Å². The highest BCUT2D eigenvalue weighted by Gasteiger charge is 2.27. The van der Waals surface area contributed by atoms with Crippen molar-refractivity contribution < 1.29 is 18.3 Å². The Morgan fingerprint density at radius 2 is 2.05 bits per heavy atom. The van der Waals surface area contributed by atoms with E-state index >= 15 is 0 Å². The Morgan fingerprint density at radius 1 is 1.43 bits per heavy atom. The quantitative estimate of drug-likeness (QED) is 0.840. The number of sulfonamides is 1. The monoisotopic (exact) mass is 315 g/mol. The number of hydrogen-bond donors (Lipinski definition) is 2. The summed E-state index contributed by atoms with van der Waals surface area (Å²) >= 11 is 0. The number of carboxylic acid groups (broad SMARTS) is 1. The fraction of sp³-hybridized carbons (Fsp3) is 0.692. The van der Waals surface area contributed by atoms with Gasteiger partial charge in [0, 0.05) is 19.8 Å². The van der Waals surface area contributed by atoms with Gasteiger partial charge >= 0.3 is 5.97 Å². The third kappa shape index (κ3) is 3.82. The number of rotatable bonds is 5. The molecule has 7 nitrogen and oxygen atoms in total. The van der Waals surface area contributed by atoms with Gasteiger partial charge in [-0.1, -0.05) is 0 Å². The second-order valence-corrected chi connectivity index (χ2v) is 7.36. The van der Waals surface area contributed by atoms with Crippen molar-refractivity contribution in [2.75, 3.05) is 6.54 Å². The van der Waals surface area contributed by atoms with E-state index in [1.807, 2.05) is 0 Å². The van der Waals surface area contributed by atoms with Gasteiger partial charge in [-0.25, -0.2) is 18.1 Å². The molecule has 0 unspecified atom stereocenters. The van der Waals surface area contributed by atoms with Crippen LogP contribution in [-0.2, 0) is 21.9 Å². The van der Waals surface area contributed by atoms with Gasteiger partial charge in [-0.3, -0.25) is 4.79 Å². The van der Waals surface area contributed by atoms with E-state index in [2.05, 4.69) is 9.71 Å². The topological polar surface area (TPSA) is 101 Å². The fourth-order valence-electron chi connectivity index (χ4n) is 2.57. The van der Waals surface area contributed by atoms with Crippen LogP contribution in [0.15, 0.2) is 11.2 Å². The number of hydrogen-bond acceptors (Lipinski definition) is 4. The molecule has 0 aliphatic heterocycles. The van der Waals surface area contributed by atoms with Crippen LogP contribution in [0.25, 0.3) is 0 Å². The molecule has 1 aromatic heterocycles. The molecule has 118 valence electrons. The average molecular weight is 315 g/mol. The van der Waals surface area contributed by atoms with Gasteiger partial charge in [-0.2, -0.15) is 0 Å². The van der Waals surface area contributed by atoms with Gasteiger partial charge in [-0.05, 0) is 38.5 Å². The molecule has 0 radical (unpaired) electrons. The second kappa shape index (κ2) is 6.15. The summed E-state index contributed by atoms with van der Waals surface area (Å²) in [4.78, 5) is 14.9. The lowest BCUT2D eigenvalue weighted by Crippen LogP contribution is -2.32. The van der Waals surface area contributed by atoms with Crippen LogP contribution in [0.3, 0.4) is 0 Å². The molecule has 1 fully saturated rings. The Bertz CT molecular complexity index is 596. The molecule has 1 aromatic rings. The summed E-state index contributed by atoms with van der Waals surface area (Å²) in [6.07, 6.45) is 4.19. The van der Waals surface area contributed by atoms with Crippen LogP contribution in [0.4, 0.5) is 0 Å². The van der Waals surface area contributed by atoms with Crippen molar-refractivity contribution in [2.24, 2.45) is 18.9 Å². The molecule has 0 amide bonds. The first kappa shape index (κ1) is 16.0. The Hall–Kier alpha value is -1.41. The maximum atomic E-state index is 12.1. The molecule has 0 bridgehead atoms. The van der Waals surface area contributed by atoms with E-state index < -0.39 is 16.0 Å². The molecule has 0 saturated heterocycles. The molecule has 1 heterocycles. The maximum Gasteiger partial charge on any atom is 0.306 e. The van der Waals surface area contributed by atoms with E-state index in [-0.39, 0.29) is 16.9 Å². The molecule has 0 aromatic carbocycles. The molecule has 2 rings (SSSR count). The summed E-state index contributed by atoms with van der Waals surface area (Å²) in [5.74, 6) is -0.202. The molecule has 0 spiro atoms. The van der Waals surface area contributed by atoms with Crippen LogP contribution in [0.5, 0.6) is 0 Å². The smallest absolute Gasteiger partial charge is 0.306 e. The summed E-state index contributed by atoms with van der Waals surface area (Å²) in [6, 6.07) is 0. The molecule has 1 saturated carbocycles. The summed E-state index contributed by atoms with van der Waals surface area (Å²) in [5, 5.41) is 8.97. The maximum absolute atomic E-state index is 12.1. The van der Waals surface area contributed by atoms with Crippen molar-refractivity contribution in [1.29, 1.82) is 0 Å². The first-order valence-corrected chi connectivity index (χ1v) is 8.50. The zero-order chi connectivity index (χ0) is 15.6. The van der Waals surface area contributed by atoms with Crippen LogP contribution in [0.2, 0.25) is 0 Å². The highest BCUT2D eigenvalue weighted by atomic mass is 32.2. The van der Waals surface area contributed by atoms with E-state index in [1.54, 1.807) is 18.5 Å². The molecule has 8 heteroatoms. The van der Waals surface area contributed by atoms with Crippen LogP contribution < -0.4 is 4.72 Å². The lowest BCUT2D eigenvalue weighted by molar-refractivity contribution is -0.143. The first-order chi connectivity index (χ1) is 9.79. The highest BCUT2D eigenvalue weighted by molar-refractivity contribution is 7.89. The number of carbonyl (C=O) groups is 1. The summed E-state index contributed by atoms with van der Waals surface area (Å²) in [7, 11) is -1.84. The Kier molecular flexibility index (Phi) is 4.67. The van der Waals surface area contributed by atoms with Crippen LogP contribution in [0, 0.1) is 18.8 Å². The van der Waals surface area contributed by atoms with Gasteiger partial charge < -0.3 is 9.67 Å². The average Bonchev–Trinajstić information content (AvgIpc) is 2.78. The Labute approximate surface area is 124 Å². The Balaban J connectivity index is 1.90.